The van der Waals surface area contributed by atoms with E-state index in [0.29, 0.717) is 17.7 Å². The Bertz CT molecular complexity index is 1240. The maximum Gasteiger partial charge on any atom is 0.225 e. The predicted molar refractivity (Wildman–Crippen MR) is 122 cm³/mol. The standard InChI is InChI=1S/C24H25FN6/c1-30(2)24-27-14-13-19(28-24)21-22(16-7-9-17(25)10-8-16)29-31-20(26)12-11-18(23(21)31)15-5-3-4-6-15/h7-15H,3-6,26H2,1-2H3. The molecular formula is C24H25FN6. The predicted octanol–water partition coefficient (Wildman–Crippen LogP) is 4.90. The van der Waals surface area contributed by atoms with Crippen LogP contribution in [-0.4, -0.2) is 33.7 Å². The van der Waals surface area contributed by atoms with Crippen molar-refractivity contribution in [3.05, 3.63) is 60.0 Å². The molecule has 6 nitrogen and oxygen atoms in total. The van der Waals surface area contributed by atoms with Crippen LogP contribution in [0.15, 0.2) is 48.7 Å². The number of benzene rings is 1. The number of nitrogens with zero attached hydrogens (tertiary/aromatic N) is 5. The van der Waals surface area contributed by atoms with E-state index < -0.39 is 0 Å². The van der Waals surface area contributed by atoms with Crippen LogP contribution in [0.2, 0.25) is 0 Å². The number of nitrogens with two attached hydrogens (primary N) is 1. The number of halogens is 1. The largest absolute Gasteiger partial charge is 0.384 e. The van der Waals surface area contributed by atoms with Gasteiger partial charge in [0, 0.05) is 25.9 Å². The van der Waals surface area contributed by atoms with Gasteiger partial charge in [0.25, 0.3) is 0 Å². The van der Waals surface area contributed by atoms with Crippen molar-refractivity contribution < 1.29 is 4.39 Å². The Labute approximate surface area is 180 Å². The molecule has 0 radical (unpaired) electrons. The van der Waals surface area contributed by atoms with Crippen molar-refractivity contribution >= 4 is 17.3 Å². The molecule has 158 valence electrons. The Morgan fingerprint density at radius 2 is 1.77 bits per heavy atom. The Kier molecular flexibility index (Phi) is 4.81. The molecule has 0 amide bonds. The molecule has 3 heterocycles. The summed E-state index contributed by atoms with van der Waals surface area (Å²) in [6.07, 6.45) is 6.53. The van der Waals surface area contributed by atoms with Crippen LogP contribution in [-0.2, 0) is 0 Å². The average Bonchev–Trinajstić information content (AvgIpc) is 3.44. The summed E-state index contributed by atoms with van der Waals surface area (Å²) in [7, 11) is 3.83. The van der Waals surface area contributed by atoms with E-state index in [1.165, 1.54) is 30.5 Å². The first-order valence-electron chi connectivity index (χ1n) is 10.6. The lowest BCUT2D eigenvalue weighted by Gasteiger charge is -2.15. The molecule has 5 rings (SSSR count). The van der Waals surface area contributed by atoms with E-state index in [2.05, 4.69) is 11.1 Å². The number of nitrogen functional groups attached to an aromatic ring is 1. The third-order valence-electron chi connectivity index (χ3n) is 6.05. The molecule has 1 aliphatic carbocycles. The summed E-state index contributed by atoms with van der Waals surface area (Å²) >= 11 is 0. The highest BCUT2D eigenvalue weighted by atomic mass is 19.1. The molecule has 0 spiro atoms. The van der Waals surface area contributed by atoms with E-state index in [1.54, 1.807) is 18.3 Å². The normalized spacial score (nSPS) is 14.4. The Hall–Kier alpha value is -3.48. The van der Waals surface area contributed by atoms with E-state index in [9.17, 15) is 4.39 Å². The van der Waals surface area contributed by atoms with Gasteiger partial charge in [-0.1, -0.05) is 18.9 Å². The highest BCUT2D eigenvalue weighted by Crippen LogP contribution is 2.43. The first-order valence-corrected chi connectivity index (χ1v) is 10.6. The fourth-order valence-electron chi connectivity index (χ4n) is 4.52. The molecule has 4 aromatic rings. The number of hydrogen-bond donors (Lipinski definition) is 1. The van der Waals surface area contributed by atoms with Crippen LogP contribution >= 0.6 is 0 Å². The van der Waals surface area contributed by atoms with Crippen LogP contribution in [0, 0.1) is 5.82 Å². The molecule has 0 saturated heterocycles. The quantitative estimate of drug-likeness (QED) is 0.512. The lowest BCUT2D eigenvalue weighted by molar-refractivity contribution is 0.628. The summed E-state index contributed by atoms with van der Waals surface area (Å²) in [6, 6.07) is 12.4. The van der Waals surface area contributed by atoms with Crippen molar-refractivity contribution in [1.82, 2.24) is 19.6 Å². The third-order valence-corrected chi connectivity index (χ3v) is 6.05. The zero-order chi connectivity index (χ0) is 21.5. The Balaban J connectivity index is 1.85. The van der Waals surface area contributed by atoms with E-state index in [-0.39, 0.29) is 5.82 Å². The van der Waals surface area contributed by atoms with E-state index >= 15 is 0 Å². The summed E-state index contributed by atoms with van der Waals surface area (Å²) in [4.78, 5) is 11.1. The number of pyridine rings is 1. The summed E-state index contributed by atoms with van der Waals surface area (Å²) in [5, 5.41) is 4.89. The average molecular weight is 417 g/mol. The van der Waals surface area contributed by atoms with Gasteiger partial charge in [0.2, 0.25) is 5.95 Å². The fourth-order valence-corrected chi connectivity index (χ4v) is 4.52. The minimum absolute atomic E-state index is 0.280. The second kappa shape index (κ2) is 7.65. The molecule has 1 fully saturated rings. The highest BCUT2D eigenvalue weighted by Gasteiger charge is 2.26. The lowest BCUT2D eigenvalue weighted by atomic mass is 9.93. The minimum Gasteiger partial charge on any atom is -0.384 e. The zero-order valence-electron chi connectivity index (χ0n) is 17.7. The molecule has 0 atom stereocenters. The number of fused-ring (bicyclic) bond motifs is 1. The zero-order valence-corrected chi connectivity index (χ0v) is 17.7. The van der Waals surface area contributed by atoms with Gasteiger partial charge in [-0.15, -0.1) is 0 Å². The van der Waals surface area contributed by atoms with Gasteiger partial charge in [0.1, 0.15) is 17.3 Å². The van der Waals surface area contributed by atoms with Crippen LogP contribution in [0.1, 0.15) is 37.2 Å². The van der Waals surface area contributed by atoms with Crippen LogP contribution in [0.4, 0.5) is 16.2 Å². The van der Waals surface area contributed by atoms with Crippen molar-refractivity contribution in [2.45, 2.75) is 31.6 Å². The van der Waals surface area contributed by atoms with Crippen molar-refractivity contribution in [2.75, 3.05) is 24.7 Å². The molecule has 0 unspecified atom stereocenters. The van der Waals surface area contributed by atoms with E-state index in [4.69, 9.17) is 15.8 Å². The second-order valence-corrected chi connectivity index (χ2v) is 8.32. The molecule has 2 N–H and O–H groups in total. The van der Waals surface area contributed by atoms with E-state index in [1.807, 2.05) is 35.6 Å². The first kappa shape index (κ1) is 19.5. The van der Waals surface area contributed by atoms with Crippen LogP contribution in [0.25, 0.3) is 28.0 Å². The van der Waals surface area contributed by atoms with Crippen molar-refractivity contribution in [3.8, 4) is 22.5 Å². The van der Waals surface area contributed by atoms with E-state index in [0.717, 1.165) is 40.9 Å². The van der Waals surface area contributed by atoms with Gasteiger partial charge >= 0.3 is 0 Å². The van der Waals surface area contributed by atoms with Gasteiger partial charge in [-0.3, -0.25) is 0 Å². The second-order valence-electron chi connectivity index (χ2n) is 8.32. The van der Waals surface area contributed by atoms with Gasteiger partial charge in [-0.05, 0) is 60.7 Å². The number of rotatable bonds is 4. The lowest BCUT2D eigenvalue weighted by Crippen LogP contribution is -2.12. The molecule has 0 aliphatic heterocycles. The summed E-state index contributed by atoms with van der Waals surface area (Å²) < 4.78 is 15.5. The molecule has 0 bridgehead atoms. The summed E-state index contributed by atoms with van der Waals surface area (Å²) in [5.41, 5.74) is 11.8. The smallest absolute Gasteiger partial charge is 0.225 e. The minimum atomic E-state index is -0.280. The molecular weight excluding hydrogens is 391 g/mol. The molecule has 7 heteroatoms. The molecule has 1 aliphatic rings. The van der Waals surface area contributed by atoms with Gasteiger partial charge in [-0.2, -0.15) is 5.10 Å². The SMILES string of the molecule is CN(C)c1nccc(-c2c(-c3ccc(F)cc3)nn3c(N)ccc(C4CCCC4)c23)n1. The Morgan fingerprint density at radius 1 is 1.03 bits per heavy atom. The Morgan fingerprint density at radius 3 is 2.48 bits per heavy atom. The topological polar surface area (TPSA) is 72.3 Å². The maximum atomic E-state index is 13.6. The molecule has 31 heavy (non-hydrogen) atoms. The van der Waals surface area contributed by atoms with Crippen molar-refractivity contribution in [2.24, 2.45) is 0 Å². The van der Waals surface area contributed by atoms with Gasteiger partial charge in [0.15, 0.2) is 0 Å². The van der Waals surface area contributed by atoms with Gasteiger partial charge < -0.3 is 10.6 Å². The van der Waals surface area contributed by atoms with Crippen LogP contribution in [0.5, 0.6) is 0 Å². The van der Waals surface area contributed by atoms with Crippen LogP contribution in [0.3, 0.4) is 0 Å². The number of anilines is 2. The maximum absolute atomic E-state index is 13.6. The highest BCUT2D eigenvalue weighted by molar-refractivity contribution is 5.93. The molecule has 1 aromatic carbocycles. The van der Waals surface area contributed by atoms with Gasteiger partial charge in [-0.25, -0.2) is 18.9 Å². The molecule has 3 aromatic heterocycles. The number of aromatic nitrogens is 4. The summed E-state index contributed by atoms with van der Waals surface area (Å²) in [6.45, 7) is 0. The summed E-state index contributed by atoms with van der Waals surface area (Å²) in [5.74, 6) is 1.37. The van der Waals surface area contributed by atoms with Crippen LogP contribution < -0.4 is 10.6 Å². The number of hydrogen-bond acceptors (Lipinski definition) is 5. The molecule has 1 saturated carbocycles. The fraction of sp³-hybridized carbons (Fsp3) is 0.292. The van der Waals surface area contributed by atoms with Crippen molar-refractivity contribution in [1.29, 1.82) is 0 Å². The van der Waals surface area contributed by atoms with Crippen molar-refractivity contribution in [3.63, 3.8) is 0 Å². The third kappa shape index (κ3) is 3.40. The first-order chi connectivity index (χ1) is 15.0. The monoisotopic (exact) mass is 416 g/mol. The van der Waals surface area contributed by atoms with Gasteiger partial charge in [0.05, 0.1) is 16.8 Å².